The lowest BCUT2D eigenvalue weighted by atomic mass is 9.98. The predicted molar refractivity (Wildman–Crippen MR) is 307 cm³/mol. The van der Waals surface area contributed by atoms with Crippen LogP contribution in [0.15, 0.2) is 134 Å². The Kier molecular flexibility index (Phi) is 43.2. The zero-order chi connectivity index (χ0) is 55.8. The maximum absolute atomic E-state index is 13.1. The molecule has 0 spiro atoms. The number of esters is 1. The monoisotopic (exact) mass is 1080 g/mol. The highest BCUT2D eigenvalue weighted by Gasteiger charge is 2.47. The van der Waals surface area contributed by atoms with Crippen LogP contribution >= 0.6 is 0 Å². The van der Waals surface area contributed by atoms with Crippen LogP contribution < -0.4 is 0 Å². The van der Waals surface area contributed by atoms with Gasteiger partial charge in [-0.1, -0.05) is 173 Å². The van der Waals surface area contributed by atoms with E-state index in [-0.39, 0.29) is 19.6 Å². The van der Waals surface area contributed by atoms with Gasteiger partial charge in [0.25, 0.3) is 0 Å². The second-order valence-corrected chi connectivity index (χ2v) is 19.3. The molecule has 0 radical (unpaired) electrons. The standard InChI is InChI=1S/C63H100O14/c1-3-5-7-9-11-13-15-17-19-21-23-24-25-26-27-28-29-30-32-34-36-38-40-42-44-46-55(65)75-52(49-72-47-45-43-41-39-37-35-33-31-22-20-18-16-14-12-10-8-6-4-2)50-73-62-61(71)59(69)57(67)54(77-62)51-74-63-60(70)58(68)56(66)53(48-64)76-63/h5-8,11-14,17-20,23-24,26-27,29-31,33,37,39,52-54,56-64,66-71H,3-4,9-10,15-16,21-22,25,28,32,34-36,38,40-51H2,1-2H3/b7-5-,8-6-,13-11-,14-12-,19-17-,20-18-,24-23-,27-26-,30-29-,33-31-,39-37-. The molecule has 2 aliphatic rings. The van der Waals surface area contributed by atoms with Crippen molar-refractivity contribution in [1.82, 2.24) is 0 Å². The van der Waals surface area contributed by atoms with Gasteiger partial charge in [-0.2, -0.15) is 0 Å². The van der Waals surface area contributed by atoms with Crippen molar-refractivity contribution < 1.29 is 69.0 Å². The fraction of sp³-hybridized carbons (Fsp3) is 0.635. The highest BCUT2D eigenvalue weighted by Crippen LogP contribution is 2.26. The Morgan fingerprint density at radius 3 is 1.26 bits per heavy atom. The normalized spacial score (nSPS) is 25.3. The fourth-order valence-electron chi connectivity index (χ4n) is 8.08. The number of carbonyl (C=O) groups is 1. The van der Waals surface area contributed by atoms with Gasteiger partial charge in [0, 0.05) is 13.0 Å². The lowest BCUT2D eigenvalue weighted by Gasteiger charge is -2.42. The third kappa shape index (κ3) is 34.7. The lowest BCUT2D eigenvalue weighted by Crippen LogP contribution is -2.61. The minimum absolute atomic E-state index is 0.0157. The number of allylic oxidation sites excluding steroid dienone is 22. The summed E-state index contributed by atoms with van der Waals surface area (Å²) in [6, 6.07) is 0. The summed E-state index contributed by atoms with van der Waals surface area (Å²) < 4.78 is 34.3. The summed E-state index contributed by atoms with van der Waals surface area (Å²) in [5.41, 5.74) is 0. The number of carbonyl (C=O) groups excluding carboxylic acids is 1. The summed E-state index contributed by atoms with van der Waals surface area (Å²) >= 11 is 0. The van der Waals surface area contributed by atoms with Crippen molar-refractivity contribution in [2.45, 2.75) is 223 Å². The van der Waals surface area contributed by atoms with E-state index in [1.165, 1.54) is 0 Å². The molecule has 11 unspecified atom stereocenters. The highest BCUT2D eigenvalue weighted by atomic mass is 16.7. The number of unbranched alkanes of at least 4 members (excludes halogenated alkanes) is 8. The number of aliphatic hydroxyl groups is 7. The first-order valence-electron chi connectivity index (χ1n) is 28.8. The molecule has 7 N–H and O–H groups in total. The smallest absolute Gasteiger partial charge is 0.306 e. The summed E-state index contributed by atoms with van der Waals surface area (Å²) in [6.07, 6.45) is 52.2. The molecule has 14 heteroatoms. The molecule has 2 rings (SSSR count). The predicted octanol–water partition coefficient (Wildman–Crippen LogP) is 10.3. The van der Waals surface area contributed by atoms with Gasteiger partial charge in [-0.3, -0.25) is 4.79 Å². The second kappa shape index (κ2) is 48.1. The molecule has 0 aliphatic carbocycles. The number of hydrogen-bond acceptors (Lipinski definition) is 14. The quantitative estimate of drug-likeness (QED) is 0.0172. The van der Waals surface area contributed by atoms with Gasteiger partial charge >= 0.3 is 5.97 Å². The van der Waals surface area contributed by atoms with Crippen molar-refractivity contribution >= 4 is 5.97 Å². The van der Waals surface area contributed by atoms with Crippen LogP contribution in [0, 0.1) is 0 Å². The van der Waals surface area contributed by atoms with Crippen LogP contribution in [-0.2, 0) is 33.2 Å². The highest BCUT2D eigenvalue weighted by molar-refractivity contribution is 5.69. The van der Waals surface area contributed by atoms with Crippen molar-refractivity contribution in [3.8, 4) is 0 Å². The zero-order valence-electron chi connectivity index (χ0n) is 46.6. The summed E-state index contributed by atoms with van der Waals surface area (Å²) in [4.78, 5) is 13.1. The average Bonchev–Trinajstić information content (AvgIpc) is 3.43. The van der Waals surface area contributed by atoms with Crippen LogP contribution in [0.3, 0.4) is 0 Å². The van der Waals surface area contributed by atoms with E-state index in [4.69, 9.17) is 28.4 Å². The van der Waals surface area contributed by atoms with Gasteiger partial charge in [-0.25, -0.2) is 0 Å². The third-order valence-corrected chi connectivity index (χ3v) is 12.7. The third-order valence-electron chi connectivity index (χ3n) is 12.7. The van der Waals surface area contributed by atoms with Crippen molar-refractivity contribution in [1.29, 1.82) is 0 Å². The van der Waals surface area contributed by atoms with Crippen molar-refractivity contribution in [3.05, 3.63) is 134 Å². The minimum Gasteiger partial charge on any atom is -0.457 e. The number of hydrogen-bond donors (Lipinski definition) is 7. The van der Waals surface area contributed by atoms with Crippen LogP contribution in [0.4, 0.5) is 0 Å². The number of aliphatic hydroxyl groups excluding tert-OH is 7. The van der Waals surface area contributed by atoms with E-state index in [2.05, 4.69) is 148 Å². The summed E-state index contributed by atoms with van der Waals surface area (Å²) in [6.45, 7) is 3.29. The molecule has 0 aromatic rings. The molecule has 0 aromatic carbocycles. The van der Waals surface area contributed by atoms with Crippen LogP contribution in [0.25, 0.3) is 0 Å². The molecular formula is C63H100O14. The zero-order valence-corrected chi connectivity index (χ0v) is 46.6. The van der Waals surface area contributed by atoms with E-state index in [1.54, 1.807) is 0 Å². The van der Waals surface area contributed by atoms with Gasteiger partial charge in [0.1, 0.15) is 54.9 Å². The Morgan fingerprint density at radius 1 is 0.429 bits per heavy atom. The molecule has 2 fully saturated rings. The second-order valence-electron chi connectivity index (χ2n) is 19.3. The van der Waals surface area contributed by atoms with Crippen LogP contribution in [0.5, 0.6) is 0 Å². The van der Waals surface area contributed by atoms with Gasteiger partial charge in [0.2, 0.25) is 0 Å². The average molecular weight is 1080 g/mol. The first-order valence-corrected chi connectivity index (χ1v) is 28.8. The molecular weight excluding hydrogens is 981 g/mol. The molecule has 436 valence electrons. The number of ether oxygens (including phenoxy) is 6. The fourth-order valence-corrected chi connectivity index (χ4v) is 8.08. The first kappa shape index (κ1) is 69.2. The van der Waals surface area contributed by atoms with E-state index < -0.39 is 86.7 Å². The Hall–Kier alpha value is -3.87. The Balaban J connectivity index is 1.75. The van der Waals surface area contributed by atoms with Crippen LogP contribution in [0.2, 0.25) is 0 Å². The van der Waals surface area contributed by atoms with Crippen molar-refractivity contribution in [3.63, 3.8) is 0 Å². The minimum atomic E-state index is -1.73. The molecule has 14 nitrogen and oxygen atoms in total. The summed E-state index contributed by atoms with van der Waals surface area (Å²) in [7, 11) is 0. The molecule has 0 bridgehead atoms. The molecule has 2 aliphatic heterocycles. The van der Waals surface area contributed by atoms with Gasteiger partial charge in [0.05, 0.1) is 26.4 Å². The van der Waals surface area contributed by atoms with E-state index in [9.17, 15) is 40.5 Å². The van der Waals surface area contributed by atoms with Gasteiger partial charge in [-0.05, 0) is 109 Å². The van der Waals surface area contributed by atoms with E-state index in [1.807, 2.05) is 0 Å². The van der Waals surface area contributed by atoms with Crippen molar-refractivity contribution in [2.75, 3.05) is 33.0 Å². The molecule has 0 aromatic heterocycles. The first-order chi connectivity index (χ1) is 37.6. The Bertz CT molecular complexity index is 1780. The van der Waals surface area contributed by atoms with Crippen LogP contribution in [0.1, 0.15) is 155 Å². The van der Waals surface area contributed by atoms with E-state index in [0.29, 0.717) is 13.0 Å². The van der Waals surface area contributed by atoms with Crippen LogP contribution in [-0.4, -0.2) is 142 Å². The molecule has 2 heterocycles. The molecule has 77 heavy (non-hydrogen) atoms. The molecule has 0 saturated carbocycles. The number of rotatable bonds is 44. The molecule has 0 amide bonds. The summed E-state index contributed by atoms with van der Waals surface area (Å²) in [5.74, 6) is -0.412. The maximum Gasteiger partial charge on any atom is 0.306 e. The topological polar surface area (TPSA) is 214 Å². The largest absolute Gasteiger partial charge is 0.457 e. The Morgan fingerprint density at radius 2 is 0.805 bits per heavy atom. The SMILES string of the molecule is CC/C=C\C/C=C\C/C=C\C/C=C\C/C=C\C/C=C\CCCCCCCCC(=O)OC(COCCCC/C=C\C/C=C\C/C=C\C/C=C\C/C=C\CC)COC1OC(COC2OC(CO)C(O)C(O)C2O)C(O)C(O)C1O. The van der Waals surface area contributed by atoms with Crippen molar-refractivity contribution in [2.24, 2.45) is 0 Å². The Labute approximate surface area is 462 Å². The molecule has 11 atom stereocenters. The molecule has 2 saturated heterocycles. The maximum atomic E-state index is 13.1. The van der Waals surface area contributed by atoms with Gasteiger partial charge in [-0.15, -0.1) is 0 Å². The van der Waals surface area contributed by atoms with Gasteiger partial charge < -0.3 is 64.2 Å². The summed E-state index contributed by atoms with van der Waals surface area (Å²) in [5, 5.41) is 72.3. The lowest BCUT2D eigenvalue weighted by molar-refractivity contribution is -0.332. The van der Waals surface area contributed by atoms with E-state index in [0.717, 1.165) is 128 Å². The van der Waals surface area contributed by atoms with E-state index >= 15 is 0 Å². The van der Waals surface area contributed by atoms with Gasteiger partial charge in [0.15, 0.2) is 12.6 Å².